The standard InChI is InChI=1S/C20H23Cl2N/c1-2-3-14-4-6-15(7-5-14)16-8-10-17(11-9-16)18-12-19(21)20(22)23-13-18/h8-15H,2-7H2,1H3/t14-,15-. The van der Waals surface area contributed by atoms with E-state index in [0.29, 0.717) is 10.2 Å². The Morgan fingerprint density at radius 1 is 1.00 bits per heavy atom. The van der Waals surface area contributed by atoms with Gasteiger partial charge < -0.3 is 0 Å². The molecule has 0 radical (unpaired) electrons. The van der Waals surface area contributed by atoms with Crippen LogP contribution in [-0.4, -0.2) is 4.98 Å². The second-order valence-corrected chi connectivity index (χ2v) is 7.39. The third-order valence-corrected chi connectivity index (χ3v) is 5.74. The van der Waals surface area contributed by atoms with Crippen molar-refractivity contribution in [1.29, 1.82) is 0 Å². The fourth-order valence-electron chi connectivity index (χ4n) is 3.72. The van der Waals surface area contributed by atoms with Crippen LogP contribution in [0.3, 0.4) is 0 Å². The number of benzene rings is 1. The summed E-state index contributed by atoms with van der Waals surface area (Å²) < 4.78 is 0. The molecule has 1 aliphatic rings. The molecule has 2 aromatic rings. The number of nitrogens with zero attached hydrogens (tertiary/aromatic N) is 1. The van der Waals surface area contributed by atoms with Crippen LogP contribution < -0.4 is 0 Å². The molecule has 0 N–H and O–H groups in total. The van der Waals surface area contributed by atoms with Crippen LogP contribution >= 0.6 is 23.2 Å². The minimum atomic E-state index is 0.357. The number of halogens is 2. The van der Waals surface area contributed by atoms with E-state index >= 15 is 0 Å². The van der Waals surface area contributed by atoms with Gasteiger partial charge in [0.2, 0.25) is 0 Å². The van der Waals surface area contributed by atoms with Crippen molar-refractivity contribution >= 4 is 23.2 Å². The summed E-state index contributed by atoms with van der Waals surface area (Å²) in [4.78, 5) is 4.13. The Labute approximate surface area is 149 Å². The van der Waals surface area contributed by atoms with E-state index < -0.39 is 0 Å². The van der Waals surface area contributed by atoms with Gasteiger partial charge in [-0.05, 0) is 54.7 Å². The normalized spacial score (nSPS) is 21.3. The molecular weight excluding hydrogens is 325 g/mol. The van der Waals surface area contributed by atoms with Gasteiger partial charge in [-0.15, -0.1) is 0 Å². The number of hydrogen-bond donors (Lipinski definition) is 0. The van der Waals surface area contributed by atoms with Crippen molar-refractivity contribution < 1.29 is 0 Å². The molecule has 23 heavy (non-hydrogen) atoms. The van der Waals surface area contributed by atoms with E-state index in [2.05, 4.69) is 36.2 Å². The largest absolute Gasteiger partial charge is 0.242 e. The zero-order chi connectivity index (χ0) is 16.2. The Hall–Kier alpha value is -1.05. The van der Waals surface area contributed by atoms with Crippen LogP contribution in [0.2, 0.25) is 10.2 Å². The van der Waals surface area contributed by atoms with Gasteiger partial charge in [-0.25, -0.2) is 4.98 Å². The Morgan fingerprint density at radius 2 is 1.70 bits per heavy atom. The van der Waals surface area contributed by atoms with E-state index in [9.17, 15) is 0 Å². The van der Waals surface area contributed by atoms with Gasteiger partial charge in [-0.2, -0.15) is 0 Å². The van der Waals surface area contributed by atoms with Crippen LogP contribution in [0.1, 0.15) is 56.9 Å². The molecule has 3 rings (SSSR count). The first-order valence-corrected chi connectivity index (χ1v) is 9.34. The van der Waals surface area contributed by atoms with Crippen LogP contribution in [0.5, 0.6) is 0 Å². The average molecular weight is 348 g/mol. The highest BCUT2D eigenvalue weighted by Gasteiger charge is 2.21. The maximum absolute atomic E-state index is 6.06. The summed E-state index contributed by atoms with van der Waals surface area (Å²) in [7, 11) is 0. The summed E-state index contributed by atoms with van der Waals surface area (Å²) >= 11 is 11.9. The van der Waals surface area contributed by atoms with Crippen molar-refractivity contribution in [2.45, 2.75) is 51.4 Å². The van der Waals surface area contributed by atoms with Gasteiger partial charge >= 0.3 is 0 Å². The summed E-state index contributed by atoms with van der Waals surface area (Å²) in [5, 5.41) is 0.860. The van der Waals surface area contributed by atoms with Crippen LogP contribution in [-0.2, 0) is 0 Å². The van der Waals surface area contributed by atoms with E-state index in [1.165, 1.54) is 44.1 Å². The number of pyridine rings is 1. The third-order valence-electron chi connectivity index (χ3n) is 5.06. The van der Waals surface area contributed by atoms with Gasteiger partial charge in [0, 0.05) is 11.8 Å². The van der Waals surface area contributed by atoms with E-state index in [0.717, 1.165) is 23.0 Å². The SMILES string of the molecule is CCC[C@H]1CC[C@H](c2ccc(-c3cnc(Cl)c(Cl)c3)cc2)CC1. The highest BCUT2D eigenvalue weighted by atomic mass is 35.5. The summed E-state index contributed by atoms with van der Waals surface area (Å²) in [6.07, 6.45) is 9.93. The molecule has 0 amide bonds. The van der Waals surface area contributed by atoms with Crippen molar-refractivity contribution in [3.8, 4) is 11.1 Å². The molecule has 1 heterocycles. The highest BCUT2D eigenvalue weighted by molar-refractivity contribution is 6.41. The molecule has 0 atom stereocenters. The molecule has 3 heteroatoms. The molecule has 1 aromatic carbocycles. The summed E-state index contributed by atoms with van der Waals surface area (Å²) in [6, 6.07) is 10.8. The van der Waals surface area contributed by atoms with Crippen molar-refractivity contribution in [2.75, 3.05) is 0 Å². The molecule has 0 aliphatic heterocycles. The van der Waals surface area contributed by atoms with Gasteiger partial charge in [0.15, 0.2) is 0 Å². The minimum absolute atomic E-state index is 0.357. The molecular formula is C20H23Cl2N. The molecule has 0 spiro atoms. The Kier molecular flexibility index (Phi) is 5.61. The van der Waals surface area contributed by atoms with Gasteiger partial charge in [0.1, 0.15) is 5.15 Å². The minimum Gasteiger partial charge on any atom is -0.242 e. The fourth-order valence-corrected chi connectivity index (χ4v) is 3.99. The quantitative estimate of drug-likeness (QED) is 0.536. The van der Waals surface area contributed by atoms with Gasteiger partial charge in [0.25, 0.3) is 0 Å². The first kappa shape index (κ1) is 16.8. The Morgan fingerprint density at radius 3 is 2.30 bits per heavy atom. The first-order valence-electron chi connectivity index (χ1n) is 8.58. The number of hydrogen-bond acceptors (Lipinski definition) is 1. The van der Waals surface area contributed by atoms with E-state index in [1.807, 2.05) is 6.07 Å². The molecule has 1 fully saturated rings. The monoisotopic (exact) mass is 347 g/mol. The molecule has 1 nitrogen and oxygen atoms in total. The lowest BCUT2D eigenvalue weighted by molar-refractivity contribution is 0.308. The third kappa shape index (κ3) is 4.08. The van der Waals surface area contributed by atoms with Crippen LogP contribution in [0.4, 0.5) is 0 Å². The van der Waals surface area contributed by atoms with E-state index in [1.54, 1.807) is 6.20 Å². The van der Waals surface area contributed by atoms with Gasteiger partial charge in [-0.3, -0.25) is 0 Å². The predicted octanol–water partition coefficient (Wildman–Crippen LogP) is 7.13. The van der Waals surface area contributed by atoms with Gasteiger partial charge in [-0.1, -0.05) is 67.2 Å². The van der Waals surface area contributed by atoms with Crippen molar-refractivity contribution in [1.82, 2.24) is 4.98 Å². The topological polar surface area (TPSA) is 12.9 Å². The smallest absolute Gasteiger partial charge is 0.147 e. The van der Waals surface area contributed by atoms with Crippen molar-refractivity contribution in [3.63, 3.8) is 0 Å². The van der Waals surface area contributed by atoms with Crippen molar-refractivity contribution in [3.05, 3.63) is 52.3 Å². The lowest BCUT2D eigenvalue weighted by Gasteiger charge is -2.28. The maximum Gasteiger partial charge on any atom is 0.147 e. The Balaban J connectivity index is 1.69. The van der Waals surface area contributed by atoms with Crippen molar-refractivity contribution in [2.24, 2.45) is 5.92 Å². The van der Waals surface area contributed by atoms with Crippen LogP contribution in [0.25, 0.3) is 11.1 Å². The molecule has 0 unspecified atom stereocenters. The lowest BCUT2D eigenvalue weighted by atomic mass is 9.77. The van der Waals surface area contributed by atoms with Crippen LogP contribution in [0, 0.1) is 5.92 Å². The zero-order valence-electron chi connectivity index (χ0n) is 13.6. The van der Waals surface area contributed by atoms with E-state index in [-0.39, 0.29) is 0 Å². The second kappa shape index (κ2) is 7.68. The van der Waals surface area contributed by atoms with Gasteiger partial charge in [0.05, 0.1) is 5.02 Å². The average Bonchev–Trinajstić information content (AvgIpc) is 2.59. The Bertz CT molecular complexity index is 643. The summed E-state index contributed by atoms with van der Waals surface area (Å²) in [5.74, 6) is 1.68. The predicted molar refractivity (Wildman–Crippen MR) is 99.3 cm³/mol. The zero-order valence-corrected chi connectivity index (χ0v) is 15.1. The molecule has 1 aliphatic carbocycles. The van der Waals surface area contributed by atoms with E-state index in [4.69, 9.17) is 23.2 Å². The molecule has 1 aromatic heterocycles. The number of rotatable bonds is 4. The second-order valence-electron chi connectivity index (χ2n) is 6.62. The summed E-state index contributed by atoms with van der Waals surface area (Å²) in [5.41, 5.74) is 3.62. The summed E-state index contributed by atoms with van der Waals surface area (Å²) in [6.45, 7) is 2.29. The van der Waals surface area contributed by atoms with Crippen LogP contribution in [0.15, 0.2) is 36.5 Å². The fraction of sp³-hybridized carbons (Fsp3) is 0.450. The maximum atomic E-state index is 6.06. The highest BCUT2D eigenvalue weighted by Crippen LogP contribution is 2.38. The first-order chi connectivity index (χ1) is 11.2. The molecule has 122 valence electrons. The molecule has 1 saturated carbocycles. The number of aromatic nitrogens is 1. The molecule has 0 saturated heterocycles. The molecule has 0 bridgehead atoms. The lowest BCUT2D eigenvalue weighted by Crippen LogP contribution is -2.13.